The maximum atomic E-state index is 9.96. The fourth-order valence-corrected chi connectivity index (χ4v) is 2.22. The zero-order chi connectivity index (χ0) is 14.3. The van der Waals surface area contributed by atoms with E-state index in [2.05, 4.69) is 39.8 Å². The first-order valence-electron chi connectivity index (χ1n) is 7.47. The maximum absolute atomic E-state index is 9.96. The predicted molar refractivity (Wildman–Crippen MR) is 80.7 cm³/mol. The molecule has 0 fully saturated rings. The fraction of sp³-hybridized carbons (Fsp3) is 0.647. The molecule has 1 rings (SSSR count). The minimum absolute atomic E-state index is 0.366. The molecule has 0 heterocycles. The molecule has 2 nitrogen and oxygen atoms in total. The lowest BCUT2D eigenvalue weighted by Crippen LogP contribution is -2.21. The van der Waals surface area contributed by atoms with E-state index in [4.69, 9.17) is 4.74 Å². The number of rotatable bonds is 8. The van der Waals surface area contributed by atoms with Crippen molar-refractivity contribution in [1.29, 1.82) is 0 Å². The summed E-state index contributed by atoms with van der Waals surface area (Å²) in [5.41, 5.74) is 1.31. The van der Waals surface area contributed by atoms with Crippen molar-refractivity contribution in [2.45, 2.75) is 59.0 Å². The van der Waals surface area contributed by atoms with E-state index in [0.717, 1.165) is 25.0 Å². The molecule has 0 spiro atoms. The summed E-state index contributed by atoms with van der Waals surface area (Å²) >= 11 is 0. The molecule has 1 N–H and O–H groups in total. The Balaban J connectivity index is 2.39. The van der Waals surface area contributed by atoms with Gasteiger partial charge < -0.3 is 9.84 Å². The molecule has 0 amide bonds. The summed E-state index contributed by atoms with van der Waals surface area (Å²) < 4.78 is 5.64. The zero-order valence-electron chi connectivity index (χ0n) is 12.7. The highest BCUT2D eigenvalue weighted by molar-refractivity contribution is 5.28. The summed E-state index contributed by atoms with van der Waals surface area (Å²) in [5, 5.41) is 9.96. The van der Waals surface area contributed by atoms with E-state index in [0.29, 0.717) is 18.4 Å². The van der Waals surface area contributed by atoms with E-state index >= 15 is 0 Å². The van der Waals surface area contributed by atoms with Gasteiger partial charge in [-0.3, -0.25) is 0 Å². The number of aliphatic hydroxyl groups is 1. The lowest BCUT2D eigenvalue weighted by molar-refractivity contribution is 0.0834. The van der Waals surface area contributed by atoms with Gasteiger partial charge in [0, 0.05) is 0 Å². The molecular formula is C17H28O2. The maximum Gasteiger partial charge on any atom is 0.119 e. The third-order valence-corrected chi connectivity index (χ3v) is 3.75. The van der Waals surface area contributed by atoms with E-state index in [1.807, 2.05) is 12.1 Å². The van der Waals surface area contributed by atoms with Gasteiger partial charge in [-0.2, -0.15) is 0 Å². The second kappa shape index (κ2) is 8.21. The largest absolute Gasteiger partial charge is 0.491 e. The average molecular weight is 264 g/mol. The Morgan fingerprint density at radius 1 is 1.05 bits per heavy atom. The molecule has 1 unspecified atom stereocenters. The van der Waals surface area contributed by atoms with Gasteiger partial charge in [-0.15, -0.1) is 0 Å². The molecule has 0 radical (unpaired) electrons. The van der Waals surface area contributed by atoms with Crippen molar-refractivity contribution in [1.82, 2.24) is 0 Å². The molecule has 0 aliphatic carbocycles. The molecule has 2 heteroatoms. The van der Waals surface area contributed by atoms with Gasteiger partial charge in [0.2, 0.25) is 0 Å². The topological polar surface area (TPSA) is 29.5 Å². The van der Waals surface area contributed by atoms with Crippen LogP contribution < -0.4 is 4.74 Å². The van der Waals surface area contributed by atoms with Crippen LogP contribution >= 0.6 is 0 Å². The van der Waals surface area contributed by atoms with Gasteiger partial charge in [-0.05, 0) is 36.0 Å². The lowest BCUT2D eigenvalue weighted by Gasteiger charge is -2.18. The molecule has 19 heavy (non-hydrogen) atoms. The highest BCUT2D eigenvalue weighted by Crippen LogP contribution is 2.20. The van der Waals surface area contributed by atoms with E-state index in [1.54, 1.807) is 0 Å². The first-order valence-corrected chi connectivity index (χ1v) is 7.47. The summed E-state index contributed by atoms with van der Waals surface area (Å²) in [4.78, 5) is 0. The molecular weight excluding hydrogens is 236 g/mol. The van der Waals surface area contributed by atoms with Crippen molar-refractivity contribution < 1.29 is 9.84 Å². The average Bonchev–Trinajstić information content (AvgIpc) is 2.43. The van der Waals surface area contributed by atoms with Crippen molar-refractivity contribution in [3.8, 4) is 5.75 Å². The highest BCUT2D eigenvalue weighted by atomic mass is 16.5. The second-order valence-corrected chi connectivity index (χ2v) is 5.61. The molecule has 1 aromatic carbocycles. The number of benzene rings is 1. The molecule has 0 aliphatic rings. The summed E-state index contributed by atoms with van der Waals surface area (Å²) in [6, 6.07) is 8.15. The SMILES string of the molecule is CCC(CC)CC(O)COc1ccc(C(C)C)cc1. The molecule has 0 saturated carbocycles. The smallest absolute Gasteiger partial charge is 0.119 e. The van der Waals surface area contributed by atoms with Crippen LogP contribution in [0.4, 0.5) is 0 Å². The Labute approximate surface area is 117 Å². The third kappa shape index (κ3) is 5.65. The van der Waals surface area contributed by atoms with Gasteiger partial charge in [0.1, 0.15) is 12.4 Å². The Bertz CT molecular complexity index is 339. The van der Waals surface area contributed by atoms with Gasteiger partial charge >= 0.3 is 0 Å². The van der Waals surface area contributed by atoms with Crippen LogP contribution in [0.5, 0.6) is 5.75 Å². The number of aliphatic hydroxyl groups excluding tert-OH is 1. The monoisotopic (exact) mass is 264 g/mol. The number of hydrogen-bond acceptors (Lipinski definition) is 2. The molecule has 0 aliphatic heterocycles. The first kappa shape index (κ1) is 16.0. The Hall–Kier alpha value is -1.02. The van der Waals surface area contributed by atoms with Crippen LogP contribution in [0.3, 0.4) is 0 Å². The second-order valence-electron chi connectivity index (χ2n) is 5.61. The van der Waals surface area contributed by atoms with E-state index < -0.39 is 0 Å². The minimum atomic E-state index is -0.366. The Kier molecular flexibility index (Phi) is 6.93. The Morgan fingerprint density at radius 3 is 2.11 bits per heavy atom. The molecule has 0 saturated heterocycles. The van der Waals surface area contributed by atoms with Gasteiger partial charge in [0.15, 0.2) is 0 Å². The summed E-state index contributed by atoms with van der Waals surface area (Å²) in [7, 11) is 0. The molecule has 0 bridgehead atoms. The highest BCUT2D eigenvalue weighted by Gasteiger charge is 2.12. The van der Waals surface area contributed by atoms with Crippen LogP contribution in [-0.4, -0.2) is 17.8 Å². The summed E-state index contributed by atoms with van der Waals surface area (Å²) in [6.45, 7) is 9.08. The van der Waals surface area contributed by atoms with Crippen LogP contribution in [0.25, 0.3) is 0 Å². The lowest BCUT2D eigenvalue weighted by atomic mass is 9.96. The normalized spacial score (nSPS) is 13.0. The first-order chi connectivity index (χ1) is 9.06. The fourth-order valence-electron chi connectivity index (χ4n) is 2.22. The standard InChI is InChI=1S/C17H28O2/c1-5-14(6-2)11-16(18)12-19-17-9-7-15(8-10-17)13(3)4/h7-10,13-14,16,18H,5-6,11-12H2,1-4H3. The molecule has 1 atom stereocenters. The van der Waals surface area contributed by atoms with Crippen LogP contribution in [0, 0.1) is 5.92 Å². The quantitative estimate of drug-likeness (QED) is 0.755. The Morgan fingerprint density at radius 2 is 1.63 bits per heavy atom. The van der Waals surface area contributed by atoms with Crippen LogP contribution in [0.15, 0.2) is 24.3 Å². The van der Waals surface area contributed by atoms with E-state index in [-0.39, 0.29) is 6.10 Å². The third-order valence-electron chi connectivity index (χ3n) is 3.75. The van der Waals surface area contributed by atoms with Gasteiger partial charge in [0.05, 0.1) is 6.10 Å². The number of hydrogen-bond donors (Lipinski definition) is 1. The summed E-state index contributed by atoms with van der Waals surface area (Å²) in [5.74, 6) is 1.98. The molecule has 1 aromatic rings. The van der Waals surface area contributed by atoms with Crippen molar-refractivity contribution in [3.63, 3.8) is 0 Å². The van der Waals surface area contributed by atoms with Gasteiger partial charge in [-0.25, -0.2) is 0 Å². The van der Waals surface area contributed by atoms with E-state index in [1.165, 1.54) is 5.56 Å². The minimum Gasteiger partial charge on any atom is -0.491 e. The van der Waals surface area contributed by atoms with E-state index in [9.17, 15) is 5.11 Å². The molecule has 0 aromatic heterocycles. The zero-order valence-corrected chi connectivity index (χ0v) is 12.7. The van der Waals surface area contributed by atoms with Crippen LogP contribution in [-0.2, 0) is 0 Å². The van der Waals surface area contributed by atoms with Crippen molar-refractivity contribution >= 4 is 0 Å². The summed E-state index contributed by atoms with van der Waals surface area (Å²) in [6.07, 6.45) is 2.71. The van der Waals surface area contributed by atoms with Crippen molar-refractivity contribution in [2.24, 2.45) is 5.92 Å². The van der Waals surface area contributed by atoms with Crippen LogP contribution in [0.2, 0.25) is 0 Å². The molecule has 108 valence electrons. The predicted octanol–water partition coefficient (Wildman–Crippen LogP) is 4.38. The van der Waals surface area contributed by atoms with Crippen LogP contribution in [0.1, 0.15) is 58.4 Å². The number of ether oxygens (including phenoxy) is 1. The van der Waals surface area contributed by atoms with Gasteiger partial charge in [0.25, 0.3) is 0 Å². The van der Waals surface area contributed by atoms with Crippen molar-refractivity contribution in [3.05, 3.63) is 29.8 Å². The van der Waals surface area contributed by atoms with Gasteiger partial charge in [-0.1, -0.05) is 52.7 Å². The van der Waals surface area contributed by atoms with Crippen molar-refractivity contribution in [2.75, 3.05) is 6.61 Å².